The first-order valence-corrected chi connectivity index (χ1v) is 8.01. The smallest absolute Gasteiger partial charge is 0.306 e. The third-order valence-electron chi connectivity index (χ3n) is 3.56. The summed E-state index contributed by atoms with van der Waals surface area (Å²) in [4.78, 5) is 17.7. The van der Waals surface area contributed by atoms with Gasteiger partial charge in [-0.3, -0.25) is 9.69 Å². The van der Waals surface area contributed by atoms with Gasteiger partial charge in [0.1, 0.15) is 5.75 Å². The molecule has 0 amide bonds. The average Bonchev–Trinajstić information content (AvgIpc) is 3.07. The Labute approximate surface area is 141 Å². The summed E-state index contributed by atoms with van der Waals surface area (Å²) in [5, 5.41) is 4.02. The third kappa shape index (κ3) is 5.06. The van der Waals surface area contributed by atoms with E-state index in [1.165, 1.54) is 7.11 Å². The van der Waals surface area contributed by atoms with E-state index in [0.29, 0.717) is 37.8 Å². The standard InChI is InChI=1S/C17H23N3O4/c1-4-20(11-10-16(21)22-3)12-15-18-17(19-24-15)13-6-8-14(9-7-13)23-5-2/h6-9H,4-5,10-12H2,1-3H3. The highest BCUT2D eigenvalue weighted by atomic mass is 16.5. The maximum atomic E-state index is 11.2. The number of nitrogens with zero attached hydrogens (tertiary/aromatic N) is 3. The Morgan fingerprint density at radius 1 is 1.25 bits per heavy atom. The van der Waals surface area contributed by atoms with Crippen molar-refractivity contribution >= 4 is 5.97 Å². The van der Waals surface area contributed by atoms with Crippen molar-refractivity contribution in [3.63, 3.8) is 0 Å². The molecule has 0 saturated heterocycles. The van der Waals surface area contributed by atoms with Crippen molar-refractivity contribution in [3.05, 3.63) is 30.2 Å². The van der Waals surface area contributed by atoms with Crippen LogP contribution < -0.4 is 4.74 Å². The van der Waals surface area contributed by atoms with Crippen LogP contribution in [-0.4, -0.2) is 47.8 Å². The lowest BCUT2D eigenvalue weighted by atomic mass is 10.2. The molecule has 0 aliphatic carbocycles. The number of esters is 1. The minimum absolute atomic E-state index is 0.228. The molecule has 1 aromatic heterocycles. The second-order valence-electron chi connectivity index (χ2n) is 5.16. The molecule has 1 aromatic carbocycles. The monoisotopic (exact) mass is 333 g/mol. The van der Waals surface area contributed by atoms with Gasteiger partial charge in [0.05, 0.1) is 26.7 Å². The molecule has 130 valence electrons. The number of ether oxygens (including phenoxy) is 2. The van der Waals surface area contributed by atoms with Gasteiger partial charge in [0.2, 0.25) is 11.7 Å². The highest BCUT2D eigenvalue weighted by molar-refractivity contribution is 5.69. The van der Waals surface area contributed by atoms with Crippen LogP contribution in [0.25, 0.3) is 11.4 Å². The maximum absolute atomic E-state index is 11.2. The van der Waals surface area contributed by atoms with E-state index < -0.39 is 0 Å². The minimum Gasteiger partial charge on any atom is -0.494 e. The van der Waals surface area contributed by atoms with Gasteiger partial charge in [0, 0.05) is 12.1 Å². The van der Waals surface area contributed by atoms with Crippen molar-refractivity contribution in [2.45, 2.75) is 26.8 Å². The van der Waals surface area contributed by atoms with E-state index in [1.54, 1.807) is 0 Å². The first-order chi connectivity index (χ1) is 11.7. The summed E-state index contributed by atoms with van der Waals surface area (Å²) in [5.41, 5.74) is 0.867. The van der Waals surface area contributed by atoms with Gasteiger partial charge >= 0.3 is 5.97 Å². The van der Waals surface area contributed by atoms with E-state index >= 15 is 0 Å². The molecule has 24 heavy (non-hydrogen) atoms. The molecule has 0 aliphatic rings. The maximum Gasteiger partial charge on any atom is 0.306 e. The van der Waals surface area contributed by atoms with E-state index in [9.17, 15) is 4.79 Å². The van der Waals surface area contributed by atoms with Crippen molar-refractivity contribution in [3.8, 4) is 17.1 Å². The van der Waals surface area contributed by atoms with E-state index in [-0.39, 0.29) is 5.97 Å². The first kappa shape index (κ1) is 17.9. The highest BCUT2D eigenvalue weighted by Gasteiger charge is 2.13. The summed E-state index contributed by atoms with van der Waals surface area (Å²) in [6.07, 6.45) is 0.338. The summed E-state index contributed by atoms with van der Waals surface area (Å²) in [7, 11) is 1.39. The van der Waals surface area contributed by atoms with Gasteiger partial charge < -0.3 is 14.0 Å². The largest absolute Gasteiger partial charge is 0.494 e. The normalized spacial score (nSPS) is 10.8. The molecule has 0 atom stereocenters. The number of rotatable bonds is 9. The van der Waals surface area contributed by atoms with Crippen molar-refractivity contribution in [1.82, 2.24) is 15.0 Å². The molecular weight excluding hydrogens is 310 g/mol. The number of hydrogen-bond acceptors (Lipinski definition) is 7. The highest BCUT2D eigenvalue weighted by Crippen LogP contribution is 2.20. The molecule has 7 nitrogen and oxygen atoms in total. The van der Waals surface area contributed by atoms with Crippen LogP contribution in [0.15, 0.2) is 28.8 Å². The number of carbonyl (C=O) groups is 1. The molecule has 0 bridgehead atoms. The fourth-order valence-corrected chi connectivity index (χ4v) is 2.19. The molecule has 0 saturated carbocycles. The Bertz CT molecular complexity index is 640. The summed E-state index contributed by atoms with van der Waals surface area (Å²) in [6.45, 7) is 6.45. The second kappa shape index (κ2) is 9.02. The zero-order valence-corrected chi connectivity index (χ0v) is 14.3. The molecule has 0 aliphatic heterocycles. The number of aromatic nitrogens is 2. The fourth-order valence-electron chi connectivity index (χ4n) is 2.19. The summed E-state index contributed by atoms with van der Waals surface area (Å²) in [6, 6.07) is 7.55. The summed E-state index contributed by atoms with van der Waals surface area (Å²) < 4.78 is 15.4. The van der Waals surface area contributed by atoms with E-state index in [1.807, 2.05) is 43.0 Å². The SMILES string of the molecule is CCOc1ccc(-c2noc(CN(CC)CCC(=O)OC)n2)cc1. The van der Waals surface area contributed by atoms with Crippen LogP contribution in [0, 0.1) is 0 Å². The fraction of sp³-hybridized carbons (Fsp3) is 0.471. The lowest BCUT2D eigenvalue weighted by Gasteiger charge is -2.16. The zero-order valence-electron chi connectivity index (χ0n) is 14.3. The quantitative estimate of drug-likeness (QED) is 0.652. The molecule has 2 rings (SSSR count). The lowest BCUT2D eigenvalue weighted by Crippen LogP contribution is -2.26. The molecule has 0 spiro atoms. The van der Waals surface area contributed by atoms with Gasteiger partial charge in [-0.1, -0.05) is 12.1 Å². The summed E-state index contributed by atoms with van der Waals surface area (Å²) in [5.74, 6) is 1.64. The van der Waals surface area contributed by atoms with Gasteiger partial charge in [-0.25, -0.2) is 0 Å². The number of carbonyl (C=O) groups excluding carboxylic acids is 1. The van der Waals surface area contributed by atoms with Gasteiger partial charge in [0.25, 0.3) is 0 Å². The molecule has 0 fully saturated rings. The van der Waals surface area contributed by atoms with Crippen LogP contribution in [0.3, 0.4) is 0 Å². The van der Waals surface area contributed by atoms with Gasteiger partial charge in [0.15, 0.2) is 0 Å². The minimum atomic E-state index is -0.228. The topological polar surface area (TPSA) is 77.7 Å². The zero-order chi connectivity index (χ0) is 17.4. The number of hydrogen-bond donors (Lipinski definition) is 0. The van der Waals surface area contributed by atoms with Crippen molar-refractivity contribution in [1.29, 1.82) is 0 Å². The molecule has 2 aromatic rings. The Balaban J connectivity index is 1.97. The van der Waals surface area contributed by atoms with Crippen LogP contribution in [0.2, 0.25) is 0 Å². The van der Waals surface area contributed by atoms with Crippen molar-refractivity contribution in [2.75, 3.05) is 26.8 Å². The van der Waals surface area contributed by atoms with Crippen LogP contribution in [-0.2, 0) is 16.1 Å². The van der Waals surface area contributed by atoms with Gasteiger partial charge in [-0.2, -0.15) is 4.98 Å². The molecule has 7 heteroatoms. The van der Waals surface area contributed by atoms with Crippen LogP contribution >= 0.6 is 0 Å². The second-order valence-corrected chi connectivity index (χ2v) is 5.16. The van der Waals surface area contributed by atoms with E-state index in [2.05, 4.69) is 14.9 Å². The van der Waals surface area contributed by atoms with Crippen molar-refractivity contribution < 1.29 is 18.8 Å². The summed E-state index contributed by atoms with van der Waals surface area (Å²) >= 11 is 0. The predicted octanol–water partition coefficient (Wildman–Crippen LogP) is 2.52. The average molecular weight is 333 g/mol. The molecule has 0 N–H and O–H groups in total. The van der Waals surface area contributed by atoms with Gasteiger partial charge in [-0.05, 0) is 37.7 Å². The lowest BCUT2D eigenvalue weighted by molar-refractivity contribution is -0.141. The number of methoxy groups -OCH3 is 1. The Kier molecular flexibility index (Phi) is 6.74. The van der Waals surface area contributed by atoms with Crippen LogP contribution in [0.5, 0.6) is 5.75 Å². The first-order valence-electron chi connectivity index (χ1n) is 8.01. The van der Waals surface area contributed by atoms with Gasteiger partial charge in [-0.15, -0.1) is 0 Å². The Morgan fingerprint density at radius 2 is 2.00 bits per heavy atom. The van der Waals surface area contributed by atoms with E-state index in [4.69, 9.17) is 9.26 Å². The molecule has 1 heterocycles. The molecule has 0 radical (unpaired) electrons. The molecule has 0 unspecified atom stereocenters. The number of benzene rings is 1. The third-order valence-corrected chi connectivity index (χ3v) is 3.56. The van der Waals surface area contributed by atoms with Crippen molar-refractivity contribution in [2.24, 2.45) is 0 Å². The van der Waals surface area contributed by atoms with E-state index in [0.717, 1.165) is 17.9 Å². The Hall–Kier alpha value is -2.41. The molecular formula is C17H23N3O4. The van der Waals surface area contributed by atoms with Crippen LogP contribution in [0.4, 0.5) is 0 Å². The van der Waals surface area contributed by atoms with Crippen LogP contribution in [0.1, 0.15) is 26.2 Å². The Morgan fingerprint density at radius 3 is 2.62 bits per heavy atom. The predicted molar refractivity (Wildman–Crippen MR) is 88.5 cm³/mol.